The Bertz CT molecular complexity index is 868. The van der Waals surface area contributed by atoms with Crippen LogP contribution in [0.5, 0.6) is 0 Å². The molecule has 0 bridgehead atoms. The third kappa shape index (κ3) is 5.81. The largest absolute Gasteiger partial charge is 0.394 e. The van der Waals surface area contributed by atoms with Gasteiger partial charge in [-0.2, -0.15) is 0 Å². The maximum atomic E-state index is 11.9. The van der Waals surface area contributed by atoms with Crippen LogP contribution in [0.3, 0.4) is 0 Å². The van der Waals surface area contributed by atoms with Crippen molar-refractivity contribution in [2.75, 3.05) is 6.61 Å². The Morgan fingerprint density at radius 2 is 1.78 bits per heavy atom. The van der Waals surface area contributed by atoms with Crippen molar-refractivity contribution in [1.29, 1.82) is 0 Å². The monoisotopic (exact) mass is 540 g/mol. The van der Waals surface area contributed by atoms with E-state index in [-0.39, 0.29) is 11.5 Å². The smallest absolute Gasteiger partial charge is 0.356 e. The summed E-state index contributed by atoms with van der Waals surface area (Å²) in [5, 5.41) is 19.3. The van der Waals surface area contributed by atoms with Crippen LogP contribution in [0.1, 0.15) is 105 Å². The highest BCUT2D eigenvalue weighted by atomic mass is 31.2. The van der Waals surface area contributed by atoms with Gasteiger partial charge in [0.1, 0.15) is 6.10 Å². The number of aliphatic hydroxyl groups is 2. The Morgan fingerprint density at radius 1 is 1.05 bits per heavy atom. The summed E-state index contributed by atoms with van der Waals surface area (Å²) in [5.74, 6) is 2.97. The normalized spacial score (nSPS) is 40.4. The molecule has 0 aliphatic heterocycles. The summed E-state index contributed by atoms with van der Waals surface area (Å²) in [6.07, 6.45) is 13.4. The average molecular weight is 541 g/mol. The number of fused-ring (bicyclic) bond motifs is 5. The van der Waals surface area contributed by atoms with Gasteiger partial charge in [-0.1, -0.05) is 65.5 Å². The number of allylic oxidation sites excluding steroid dienone is 1. The van der Waals surface area contributed by atoms with Gasteiger partial charge in [-0.05, 0) is 97.7 Å². The van der Waals surface area contributed by atoms with Crippen molar-refractivity contribution in [1.82, 2.24) is 0 Å². The summed E-state index contributed by atoms with van der Waals surface area (Å²) >= 11 is 0. The predicted molar refractivity (Wildman–Crippen MR) is 147 cm³/mol. The van der Waals surface area contributed by atoms with Crippen molar-refractivity contribution in [2.45, 2.75) is 123 Å². The second-order valence-electron chi connectivity index (χ2n) is 14.0. The van der Waals surface area contributed by atoms with Crippen molar-refractivity contribution >= 4 is 7.60 Å². The Hall–Kier alpha value is -0.230. The number of hydrogen-bond donors (Lipinski definition) is 4. The molecule has 4 aliphatic rings. The lowest BCUT2D eigenvalue weighted by Crippen LogP contribution is -2.51. The second kappa shape index (κ2) is 11.3. The molecule has 0 amide bonds. The first kappa shape index (κ1) is 29.7. The van der Waals surface area contributed by atoms with Crippen LogP contribution >= 0.6 is 7.60 Å². The van der Waals surface area contributed by atoms with Crippen LogP contribution in [0.4, 0.5) is 0 Å². The van der Waals surface area contributed by atoms with Gasteiger partial charge < -0.3 is 24.7 Å². The molecule has 0 aromatic carbocycles. The quantitative estimate of drug-likeness (QED) is 0.192. The van der Waals surface area contributed by atoms with Gasteiger partial charge in [-0.15, -0.1) is 0 Å². The first-order valence-electron chi connectivity index (χ1n) is 15.0. The van der Waals surface area contributed by atoms with Crippen molar-refractivity contribution < 1.29 is 29.3 Å². The molecule has 4 aliphatic carbocycles. The third-order valence-electron chi connectivity index (χ3n) is 11.4. The minimum Gasteiger partial charge on any atom is -0.394 e. The molecular formula is C30H53O6P. The zero-order valence-electron chi connectivity index (χ0n) is 23.8. The second-order valence-corrected chi connectivity index (χ2v) is 15.7. The SMILES string of the molecule is CC(C)CCC[C@@H](C)[C@H]1CC[C@H]2[C@@H]3CC=C4CC(OC(C(O)CO)P(=O)(O)O)CC[C@]4(C)[C@H]3CC[C@]12C. The fourth-order valence-corrected chi connectivity index (χ4v) is 10.3. The Kier molecular flexibility index (Phi) is 9.11. The first-order chi connectivity index (χ1) is 17.3. The van der Waals surface area contributed by atoms with Crippen molar-refractivity contribution in [3.8, 4) is 0 Å². The van der Waals surface area contributed by atoms with E-state index >= 15 is 0 Å². The summed E-state index contributed by atoms with van der Waals surface area (Å²) in [6, 6.07) is 0. The summed E-state index contributed by atoms with van der Waals surface area (Å²) in [5.41, 5.74) is 1.96. The van der Waals surface area contributed by atoms with Crippen LogP contribution in [-0.2, 0) is 9.30 Å². The first-order valence-corrected chi connectivity index (χ1v) is 16.7. The highest BCUT2D eigenvalue weighted by molar-refractivity contribution is 7.52. The molecule has 3 unspecified atom stereocenters. The minimum absolute atomic E-state index is 0.123. The summed E-state index contributed by atoms with van der Waals surface area (Å²) in [4.78, 5) is 19.4. The van der Waals surface area contributed by atoms with Gasteiger partial charge in [-0.3, -0.25) is 4.57 Å². The summed E-state index contributed by atoms with van der Waals surface area (Å²) < 4.78 is 17.7. The molecule has 10 atom stereocenters. The molecule has 214 valence electrons. The maximum Gasteiger partial charge on any atom is 0.356 e. The van der Waals surface area contributed by atoms with E-state index in [1.54, 1.807) is 0 Å². The fraction of sp³-hybridized carbons (Fsp3) is 0.933. The van der Waals surface area contributed by atoms with Gasteiger partial charge in [-0.25, -0.2) is 0 Å². The van der Waals surface area contributed by atoms with E-state index in [2.05, 4.69) is 40.7 Å². The van der Waals surface area contributed by atoms with E-state index in [1.807, 2.05) is 0 Å². The topological polar surface area (TPSA) is 107 Å². The zero-order chi connectivity index (χ0) is 27.2. The highest BCUT2D eigenvalue weighted by Gasteiger charge is 2.59. The van der Waals surface area contributed by atoms with Crippen LogP contribution in [-0.4, -0.2) is 44.7 Å². The van der Waals surface area contributed by atoms with E-state index in [4.69, 9.17) is 4.74 Å². The van der Waals surface area contributed by atoms with E-state index in [1.165, 1.54) is 50.5 Å². The van der Waals surface area contributed by atoms with Crippen LogP contribution in [0, 0.1) is 46.3 Å². The number of rotatable bonds is 10. The van der Waals surface area contributed by atoms with Gasteiger partial charge in [0.05, 0.1) is 12.7 Å². The van der Waals surface area contributed by atoms with Gasteiger partial charge in [0.2, 0.25) is 0 Å². The molecule has 7 heteroatoms. The fourth-order valence-electron chi connectivity index (χ4n) is 9.45. The van der Waals surface area contributed by atoms with E-state index in [0.717, 1.165) is 48.9 Å². The van der Waals surface area contributed by atoms with Gasteiger partial charge >= 0.3 is 7.60 Å². The summed E-state index contributed by atoms with van der Waals surface area (Å²) in [7, 11) is -4.69. The minimum atomic E-state index is -4.69. The van der Waals surface area contributed by atoms with E-state index < -0.39 is 26.2 Å². The van der Waals surface area contributed by atoms with E-state index in [9.17, 15) is 24.6 Å². The van der Waals surface area contributed by atoms with Gasteiger partial charge in [0.25, 0.3) is 0 Å². The molecule has 37 heavy (non-hydrogen) atoms. The lowest BCUT2D eigenvalue weighted by atomic mass is 9.47. The van der Waals surface area contributed by atoms with Crippen LogP contribution in [0.2, 0.25) is 0 Å². The van der Waals surface area contributed by atoms with Crippen molar-refractivity contribution in [2.24, 2.45) is 46.3 Å². The van der Waals surface area contributed by atoms with Crippen molar-refractivity contribution in [3.63, 3.8) is 0 Å². The molecule has 0 saturated heterocycles. The molecule has 3 fully saturated rings. The molecule has 4 rings (SSSR count). The molecule has 6 nitrogen and oxygen atoms in total. The molecule has 0 heterocycles. The Morgan fingerprint density at radius 3 is 2.43 bits per heavy atom. The van der Waals surface area contributed by atoms with Gasteiger partial charge in [0.15, 0.2) is 5.85 Å². The Labute approximate surface area is 224 Å². The molecule has 0 aromatic rings. The maximum absolute atomic E-state index is 11.9. The van der Waals surface area contributed by atoms with Crippen LogP contribution in [0.15, 0.2) is 11.6 Å². The lowest BCUT2D eigenvalue weighted by Gasteiger charge is -2.58. The van der Waals surface area contributed by atoms with E-state index in [0.29, 0.717) is 17.8 Å². The molecule has 0 aromatic heterocycles. The summed E-state index contributed by atoms with van der Waals surface area (Å²) in [6.45, 7) is 11.5. The van der Waals surface area contributed by atoms with Gasteiger partial charge in [0, 0.05) is 0 Å². The number of ether oxygens (including phenoxy) is 1. The van der Waals surface area contributed by atoms with Crippen molar-refractivity contribution in [3.05, 3.63) is 11.6 Å². The highest BCUT2D eigenvalue weighted by Crippen LogP contribution is 2.67. The lowest BCUT2D eigenvalue weighted by molar-refractivity contribution is -0.0901. The molecule has 0 spiro atoms. The standard InChI is InChI=1S/C30H53O6P/c1-19(2)7-6-8-20(3)24-11-12-25-23-10-9-21-17-22(36-28(27(32)18-31)37(33,34)35)13-15-29(21,4)26(23)14-16-30(24,25)5/h9,19-20,22-28,31-32H,6-8,10-18H2,1-5H3,(H2,33,34,35)/t20-,22?,23+,24-,25+,26+,27?,28?,29+,30-/m1/s1. The average Bonchev–Trinajstić information content (AvgIpc) is 3.18. The number of aliphatic hydroxyl groups excluding tert-OH is 2. The predicted octanol–water partition coefficient (Wildman–Crippen LogP) is 6.27. The zero-order valence-corrected chi connectivity index (χ0v) is 24.7. The third-order valence-corrected chi connectivity index (χ3v) is 12.6. The number of hydrogen-bond acceptors (Lipinski definition) is 4. The molecule has 4 N–H and O–H groups in total. The Balaban J connectivity index is 1.45. The van der Waals surface area contributed by atoms with Crippen LogP contribution in [0.25, 0.3) is 0 Å². The molecule has 0 radical (unpaired) electrons. The van der Waals surface area contributed by atoms with Crippen LogP contribution < -0.4 is 0 Å². The molecule has 3 saturated carbocycles. The molecular weight excluding hydrogens is 487 g/mol.